The molecule has 0 bridgehead atoms. The molecule has 1 saturated heterocycles. The number of aryl methyl sites for hydroxylation is 1. The molecule has 1 fully saturated rings. The molecule has 4 rings (SSSR count). The van der Waals surface area contributed by atoms with Gasteiger partial charge in [-0.3, -0.25) is 19.5 Å². The molecule has 7 nitrogen and oxygen atoms in total. The number of nitrogens with zero attached hydrogens (tertiary/aromatic N) is 3. The highest BCUT2D eigenvalue weighted by Gasteiger charge is 2.31. The molecule has 0 radical (unpaired) electrons. The molecule has 3 heterocycles. The van der Waals surface area contributed by atoms with Crippen molar-refractivity contribution in [3.8, 4) is 11.8 Å². The number of benzene rings is 1. The van der Waals surface area contributed by atoms with Gasteiger partial charge >= 0.3 is 6.01 Å². The van der Waals surface area contributed by atoms with Crippen LogP contribution in [0.15, 0.2) is 42.6 Å². The maximum atomic E-state index is 11.6. The van der Waals surface area contributed by atoms with Crippen molar-refractivity contribution < 1.29 is 14.3 Å². The first-order valence-electron chi connectivity index (χ1n) is 7.66. The molecule has 0 saturated carbocycles. The summed E-state index contributed by atoms with van der Waals surface area (Å²) in [6.07, 6.45) is 2.21. The Morgan fingerprint density at radius 3 is 2.72 bits per heavy atom. The highest BCUT2D eigenvalue weighted by Crippen LogP contribution is 2.26. The van der Waals surface area contributed by atoms with Crippen LogP contribution in [0.3, 0.4) is 0 Å². The van der Waals surface area contributed by atoms with Gasteiger partial charge in [0, 0.05) is 13.2 Å². The molecule has 0 aliphatic carbocycles. The fourth-order valence-corrected chi connectivity index (χ4v) is 3.49. The minimum atomic E-state index is -0.370. The number of pyridine rings is 1. The molecule has 1 atom stereocenters. The second-order valence-electron chi connectivity index (χ2n) is 5.63. The van der Waals surface area contributed by atoms with Crippen LogP contribution in [0.2, 0.25) is 0 Å². The van der Waals surface area contributed by atoms with E-state index in [9.17, 15) is 9.59 Å². The fourth-order valence-electron chi connectivity index (χ4n) is 2.63. The van der Waals surface area contributed by atoms with E-state index in [1.165, 1.54) is 0 Å². The first-order chi connectivity index (χ1) is 12.1. The lowest BCUT2D eigenvalue weighted by molar-refractivity contribution is -0.118. The Morgan fingerprint density at radius 1 is 1.24 bits per heavy atom. The van der Waals surface area contributed by atoms with Gasteiger partial charge in [-0.05, 0) is 36.2 Å². The van der Waals surface area contributed by atoms with Gasteiger partial charge in [-0.1, -0.05) is 23.9 Å². The quantitative estimate of drug-likeness (QED) is 0.775. The average molecular weight is 354 g/mol. The number of ether oxygens (including phenoxy) is 1. The van der Waals surface area contributed by atoms with Gasteiger partial charge in [-0.2, -0.15) is 4.98 Å². The van der Waals surface area contributed by atoms with E-state index in [1.54, 1.807) is 10.8 Å². The number of carbonyl (C=O) groups excluding carboxylic acids is 2. The Morgan fingerprint density at radius 2 is 2.04 bits per heavy atom. The lowest BCUT2D eigenvalue weighted by Gasteiger charge is -2.08. The SMILES string of the molecule is Cn1c(Oc2ccc(CC3SC(=O)NC3=O)cc2)nc2cccnc21. The lowest BCUT2D eigenvalue weighted by atomic mass is 10.1. The number of nitrogens with one attached hydrogen (secondary N) is 1. The summed E-state index contributed by atoms with van der Waals surface area (Å²) < 4.78 is 7.62. The molecule has 2 aromatic heterocycles. The Kier molecular flexibility index (Phi) is 3.89. The van der Waals surface area contributed by atoms with Crippen molar-refractivity contribution in [2.45, 2.75) is 11.7 Å². The van der Waals surface area contributed by atoms with E-state index >= 15 is 0 Å². The van der Waals surface area contributed by atoms with Gasteiger partial charge in [-0.15, -0.1) is 0 Å². The highest BCUT2D eigenvalue weighted by atomic mass is 32.2. The number of hydrogen-bond acceptors (Lipinski definition) is 6. The van der Waals surface area contributed by atoms with Crippen LogP contribution < -0.4 is 10.1 Å². The summed E-state index contributed by atoms with van der Waals surface area (Å²) in [4.78, 5) is 31.5. The maximum Gasteiger partial charge on any atom is 0.303 e. The molecule has 1 aliphatic rings. The first kappa shape index (κ1) is 15.6. The summed E-state index contributed by atoms with van der Waals surface area (Å²) in [5.74, 6) is 0.407. The Balaban J connectivity index is 1.49. The molecule has 1 N–H and O–H groups in total. The number of aromatic nitrogens is 3. The molecule has 1 unspecified atom stereocenters. The third-order valence-electron chi connectivity index (χ3n) is 3.91. The molecule has 8 heteroatoms. The monoisotopic (exact) mass is 354 g/mol. The van der Waals surface area contributed by atoms with E-state index in [0.717, 1.165) is 28.5 Å². The van der Waals surface area contributed by atoms with Crippen molar-refractivity contribution in [1.82, 2.24) is 19.9 Å². The maximum absolute atomic E-state index is 11.6. The van der Waals surface area contributed by atoms with Gasteiger partial charge in [0.25, 0.3) is 5.24 Å². The van der Waals surface area contributed by atoms with E-state index in [1.807, 2.05) is 43.4 Å². The largest absolute Gasteiger partial charge is 0.425 e. The third kappa shape index (κ3) is 3.08. The van der Waals surface area contributed by atoms with Crippen molar-refractivity contribution in [2.75, 3.05) is 0 Å². The number of amides is 2. The number of fused-ring (bicyclic) bond motifs is 1. The van der Waals surface area contributed by atoms with Gasteiger partial charge < -0.3 is 4.74 Å². The van der Waals surface area contributed by atoms with Crippen molar-refractivity contribution in [3.63, 3.8) is 0 Å². The van der Waals surface area contributed by atoms with Crippen LogP contribution in [-0.2, 0) is 18.3 Å². The summed E-state index contributed by atoms with van der Waals surface area (Å²) in [6, 6.07) is 11.6. The molecule has 2 amide bonds. The van der Waals surface area contributed by atoms with E-state index in [2.05, 4.69) is 15.3 Å². The molecular formula is C17H14N4O3S. The van der Waals surface area contributed by atoms with Gasteiger partial charge in [0.1, 0.15) is 11.3 Å². The summed E-state index contributed by atoms with van der Waals surface area (Å²) in [7, 11) is 1.85. The Bertz CT molecular complexity index is 968. The number of imidazole rings is 1. The summed E-state index contributed by atoms with van der Waals surface area (Å²) in [6.45, 7) is 0. The topological polar surface area (TPSA) is 86.1 Å². The second-order valence-corrected chi connectivity index (χ2v) is 6.81. The zero-order valence-electron chi connectivity index (χ0n) is 13.3. The zero-order chi connectivity index (χ0) is 17.4. The predicted octanol–water partition coefficient (Wildman–Crippen LogP) is 2.65. The number of rotatable bonds is 4. The molecular weight excluding hydrogens is 340 g/mol. The minimum Gasteiger partial charge on any atom is -0.425 e. The number of hydrogen-bond donors (Lipinski definition) is 1. The van der Waals surface area contributed by atoms with Crippen LogP contribution in [0.25, 0.3) is 11.2 Å². The van der Waals surface area contributed by atoms with Gasteiger partial charge in [0.05, 0.1) is 5.25 Å². The molecule has 25 heavy (non-hydrogen) atoms. The highest BCUT2D eigenvalue weighted by molar-refractivity contribution is 8.15. The van der Waals surface area contributed by atoms with Crippen LogP contribution in [-0.4, -0.2) is 30.9 Å². The number of carbonyl (C=O) groups is 2. The van der Waals surface area contributed by atoms with Crippen molar-refractivity contribution in [3.05, 3.63) is 48.2 Å². The predicted molar refractivity (Wildman–Crippen MR) is 93.6 cm³/mol. The molecule has 3 aromatic rings. The van der Waals surface area contributed by atoms with Crippen LogP contribution in [0.4, 0.5) is 4.79 Å². The lowest BCUT2D eigenvalue weighted by Crippen LogP contribution is -2.25. The normalized spacial score (nSPS) is 17.1. The first-order valence-corrected chi connectivity index (χ1v) is 8.54. The van der Waals surface area contributed by atoms with E-state index in [4.69, 9.17) is 4.74 Å². The van der Waals surface area contributed by atoms with Crippen molar-refractivity contribution in [1.29, 1.82) is 0 Å². The molecule has 0 spiro atoms. The molecule has 126 valence electrons. The second kappa shape index (κ2) is 6.21. The van der Waals surface area contributed by atoms with Crippen molar-refractivity contribution >= 4 is 34.1 Å². The summed E-state index contributed by atoms with van der Waals surface area (Å²) in [5, 5.41) is 1.64. The summed E-state index contributed by atoms with van der Waals surface area (Å²) in [5.41, 5.74) is 2.48. The fraction of sp³-hybridized carbons (Fsp3) is 0.176. The van der Waals surface area contributed by atoms with Crippen molar-refractivity contribution in [2.24, 2.45) is 7.05 Å². The van der Waals surface area contributed by atoms with Gasteiger partial charge in [0.2, 0.25) is 5.91 Å². The molecule has 1 aliphatic heterocycles. The zero-order valence-corrected chi connectivity index (χ0v) is 14.1. The average Bonchev–Trinajstić information content (AvgIpc) is 3.09. The van der Waals surface area contributed by atoms with E-state index in [-0.39, 0.29) is 16.4 Å². The Hall–Kier alpha value is -2.87. The number of imide groups is 1. The van der Waals surface area contributed by atoms with E-state index in [0.29, 0.717) is 18.2 Å². The van der Waals surface area contributed by atoms with Gasteiger partial charge in [0.15, 0.2) is 5.65 Å². The van der Waals surface area contributed by atoms with Crippen LogP contribution >= 0.6 is 11.8 Å². The van der Waals surface area contributed by atoms with Crippen LogP contribution in [0, 0.1) is 0 Å². The van der Waals surface area contributed by atoms with Crippen LogP contribution in [0.5, 0.6) is 11.8 Å². The molecule has 1 aromatic carbocycles. The Labute approximate surface area is 147 Å². The summed E-state index contributed by atoms with van der Waals surface area (Å²) >= 11 is 1.03. The van der Waals surface area contributed by atoms with Gasteiger partial charge in [-0.25, -0.2) is 4.98 Å². The van der Waals surface area contributed by atoms with E-state index < -0.39 is 0 Å². The van der Waals surface area contributed by atoms with Crippen LogP contribution in [0.1, 0.15) is 5.56 Å². The number of thioether (sulfide) groups is 1. The third-order valence-corrected chi connectivity index (χ3v) is 4.89. The standard InChI is InChI=1S/C17H14N4O3S/c1-21-14-12(3-2-8-18-14)19-16(21)24-11-6-4-10(5-7-11)9-13-15(22)20-17(23)25-13/h2-8,13H,9H2,1H3,(H,20,22,23). The smallest absolute Gasteiger partial charge is 0.303 e. The minimum absolute atomic E-state index is 0.234.